The van der Waals surface area contributed by atoms with Gasteiger partial charge in [0.15, 0.2) is 11.5 Å². The quantitative estimate of drug-likeness (QED) is 0.810. The summed E-state index contributed by atoms with van der Waals surface area (Å²) < 4.78 is 17.3. The van der Waals surface area contributed by atoms with E-state index in [1.165, 1.54) is 0 Å². The van der Waals surface area contributed by atoms with E-state index in [1.54, 1.807) is 7.11 Å². The van der Waals surface area contributed by atoms with Crippen LogP contribution in [0.1, 0.15) is 29.7 Å². The summed E-state index contributed by atoms with van der Waals surface area (Å²) in [6.45, 7) is 4.26. The van der Waals surface area contributed by atoms with Gasteiger partial charge in [-0.15, -0.1) is 5.10 Å². The Morgan fingerprint density at radius 3 is 2.88 bits per heavy atom. The number of aromatic amines is 1. The van der Waals surface area contributed by atoms with Gasteiger partial charge in [-0.3, -0.25) is 5.10 Å². The summed E-state index contributed by atoms with van der Waals surface area (Å²) in [7, 11) is 1.58. The van der Waals surface area contributed by atoms with E-state index >= 15 is 0 Å². The first-order valence-corrected chi connectivity index (χ1v) is 8.43. The average Bonchev–Trinajstić information content (AvgIpc) is 2.94. The topological polar surface area (TPSA) is 106 Å². The Balaban J connectivity index is 2.24. The zero-order chi connectivity index (χ0) is 18.1. The van der Waals surface area contributed by atoms with Crippen LogP contribution >= 0.6 is 15.9 Å². The van der Waals surface area contributed by atoms with E-state index < -0.39 is 5.92 Å². The Morgan fingerprint density at radius 2 is 2.24 bits per heavy atom. The molecular weight excluding hydrogens is 388 g/mol. The van der Waals surface area contributed by atoms with Gasteiger partial charge in [0.1, 0.15) is 11.6 Å². The van der Waals surface area contributed by atoms with Crippen molar-refractivity contribution in [3.8, 4) is 23.4 Å². The standard InChI is InChI=1S/C17H17BrN4O3/c1-4-24-12-6-9(5-11(18)15(12)23-3)14-10(7-19)16(20)25-17-13(14)8(2)21-22-17/h5-6,14H,4,20H2,1-3H3,(H,21,22)/t14-/m1/s1. The highest BCUT2D eigenvalue weighted by Crippen LogP contribution is 2.46. The van der Waals surface area contributed by atoms with Gasteiger partial charge in [-0.1, -0.05) is 0 Å². The first kappa shape index (κ1) is 17.2. The molecule has 0 saturated heterocycles. The molecule has 0 unspecified atom stereocenters. The van der Waals surface area contributed by atoms with Gasteiger partial charge in [-0.2, -0.15) is 5.26 Å². The molecule has 2 heterocycles. The van der Waals surface area contributed by atoms with E-state index in [0.717, 1.165) is 21.3 Å². The van der Waals surface area contributed by atoms with Crippen molar-refractivity contribution in [2.24, 2.45) is 5.73 Å². The molecule has 0 saturated carbocycles. The second-order valence-electron chi connectivity index (χ2n) is 5.46. The van der Waals surface area contributed by atoms with Crippen molar-refractivity contribution in [3.63, 3.8) is 0 Å². The number of nitrogens with two attached hydrogens (primary N) is 1. The third-order valence-electron chi connectivity index (χ3n) is 4.00. The second-order valence-corrected chi connectivity index (χ2v) is 6.31. The number of benzene rings is 1. The normalized spacial score (nSPS) is 16.0. The molecule has 0 radical (unpaired) electrons. The summed E-state index contributed by atoms with van der Waals surface area (Å²) in [6.07, 6.45) is 0. The average molecular weight is 405 g/mol. The smallest absolute Gasteiger partial charge is 0.244 e. The van der Waals surface area contributed by atoms with Crippen molar-refractivity contribution in [3.05, 3.63) is 44.9 Å². The molecule has 1 aromatic heterocycles. The molecule has 1 aliphatic rings. The lowest BCUT2D eigenvalue weighted by molar-refractivity contribution is 0.309. The molecule has 1 aliphatic heterocycles. The van der Waals surface area contributed by atoms with E-state index in [9.17, 15) is 5.26 Å². The van der Waals surface area contributed by atoms with Gasteiger partial charge < -0.3 is 19.9 Å². The van der Waals surface area contributed by atoms with E-state index in [1.807, 2.05) is 26.0 Å². The fourth-order valence-corrected chi connectivity index (χ4v) is 3.57. The van der Waals surface area contributed by atoms with E-state index in [0.29, 0.717) is 29.6 Å². The van der Waals surface area contributed by atoms with Gasteiger partial charge >= 0.3 is 0 Å². The van der Waals surface area contributed by atoms with E-state index in [-0.39, 0.29) is 5.88 Å². The molecule has 130 valence electrons. The third-order valence-corrected chi connectivity index (χ3v) is 4.59. The minimum absolute atomic E-state index is 0.0522. The lowest BCUT2D eigenvalue weighted by Crippen LogP contribution is -2.21. The molecule has 1 aromatic carbocycles. The van der Waals surface area contributed by atoms with E-state index in [4.69, 9.17) is 19.9 Å². The maximum atomic E-state index is 9.62. The van der Waals surface area contributed by atoms with Crippen molar-refractivity contribution in [1.29, 1.82) is 5.26 Å². The number of aromatic nitrogens is 2. The number of hydrogen-bond acceptors (Lipinski definition) is 6. The van der Waals surface area contributed by atoms with Crippen LogP contribution in [0.2, 0.25) is 0 Å². The van der Waals surface area contributed by atoms with Crippen LogP contribution < -0.4 is 19.9 Å². The number of methoxy groups -OCH3 is 1. The van der Waals surface area contributed by atoms with Crippen molar-refractivity contribution < 1.29 is 14.2 Å². The number of hydrogen-bond donors (Lipinski definition) is 2. The predicted octanol–water partition coefficient (Wildman–Crippen LogP) is 3.11. The maximum Gasteiger partial charge on any atom is 0.244 e. The zero-order valence-electron chi connectivity index (χ0n) is 14.0. The SMILES string of the molecule is CCOc1cc([C@@H]2C(C#N)=C(N)Oc3n[nH]c(C)c32)cc(Br)c1OC. The van der Waals surface area contributed by atoms with Crippen LogP contribution in [0, 0.1) is 18.3 Å². The van der Waals surface area contributed by atoms with Gasteiger partial charge in [-0.25, -0.2) is 0 Å². The monoisotopic (exact) mass is 404 g/mol. The summed E-state index contributed by atoms with van der Waals surface area (Å²) in [4.78, 5) is 0. The first-order chi connectivity index (χ1) is 12.0. The van der Waals surface area contributed by atoms with E-state index in [2.05, 4.69) is 32.2 Å². The fourth-order valence-electron chi connectivity index (χ4n) is 2.95. The molecule has 7 nitrogen and oxygen atoms in total. The van der Waals surface area contributed by atoms with Crippen molar-refractivity contribution >= 4 is 15.9 Å². The van der Waals surface area contributed by atoms with Gasteiger partial charge in [0.05, 0.1) is 24.1 Å². The molecule has 8 heteroatoms. The van der Waals surface area contributed by atoms with Crippen LogP contribution in [-0.4, -0.2) is 23.9 Å². The number of nitriles is 1. The maximum absolute atomic E-state index is 9.62. The van der Waals surface area contributed by atoms with Crippen molar-refractivity contribution in [2.45, 2.75) is 19.8 Å². The third kappa shape index (κ3) is 2.81. The van der Waals surface area contributed by atoms with Crippen LogP contribution in [0.4, 0.5) is 0 Å². The molecule has 3 rings (SSSR count). The number of nitrogens with one attached hydrogen (secondary N) is 1. The number of nitrogens with zero attached hydrogens (tertiary/aromatic N) is 2. The highest BCUT2D eigenvalue weighted by molar-refractivity contribution is 9.10. The van der Waals surface area contributed by atoms with Crippen LogP contribution in [0.3, 0.4) is 0 Å². The van der Waals surface area contributed by atoms with Crippen LogP contribution in [0.15, 0.2) is 28.1 Å². The summed E-state index contributed by atoms with van der Waals surface area (Å²) >= 11 is 3.51. The summed E-state index contributed by atoms with van der Waals surface area (Å²) in [5, 5.41) is 16.6. The number of ether oxygens (including phenoxy) is 3. The summed E-state index contributed by atoms with van der Waals surface area (Å²) in [5.41, 5.74) is 8.69. The van der Waals surface area contributed by atoms with Crippen LogP contribution in [0.5, 0.6) is 17.4 Å². The Labute approximate surface area is 153 Å². The number of rotatable bonds is 4. The molecular formula is C17H17BrN4O3. The molecule has 0 fully saturated rings. The number of allylic oxidation sites excluding steroid dienone is 1. The lowest BCUT2D eigenvalue weighted by Gasteiger charge is -2.24. The van der Waals surface area contributed by atoms with Crippen LogP contribution in [0.25, 0.3) is 0 Å². The largest absolute Gasteiger partial charge is 0.492 e. The zero-order valence-corrected chi connectivity index (χ0v) is 15.6. The van der Waals surface area contributed by atoms with Crippen molar-refractivity contribution in [1.82, 2.24) is 10.2 Å². The molecule has 2 aromatic rings. The lowest BCUT2D eigenvalue weighted by atomic mass is 9.84. The Morgan fingerprint density at radius 1 is 1.48 bits per heavy atom. The summed E-state index contributed by atoms with van der Waals surface area (Å²) in [6, 6.07) is 5.90. The number of fused-ring (bicyclic) bond motifs is 1. The highest BCUT2D eigenvalue weighted by atomic mass is 79.9. The van der Waals surface area contributed by atoms with Gasteiger partial charge in [0, 0.05) is 11.3 Å². The van der Waals surface area contributed by atoms with Crippen molar-refractivity contribution in [2.75, 3.05) is 13.7 Å². The number of halogens is 1. The highest BCUT2D eigenvalue weighted by Gasteiger charge is 2.35. The molecule has 1 atom stereocenters. The molecule has 25 heavy (non-hydrogen) atoms. The molecule has 0 aliphatic carbocycles. The Bertz CT molecular complexity index is 898. The minimum Gasteiger partial charge on any atom is -0.492 e. The van der Waals surface area contributed by atoms with Gasteiger partial charge in [-0.05, 0) is 47.5 Å². The predicted molar refractivity (Wildman–Crippen MR) is 94.5 cm³/mol. The number of H-pyrrole nitrogens is 1. The molecule has 0 spiro atoms. The van der Waals surface area contributed by atoms with Gasteiger partial charge in [0.2, 0.25) is 11.8 Å². The Kier molecular flexibility index (Phi) is 4.59. The summed E-state index contributed by atoms with van der Waals surface area (Å²) in [5.74, 6) is 1.20. The second kappa shape index (κ2) is 6.69. The molecule has 0 amide bonds. The fraction of sp³-hybridized carbons (Fsp3) is 0.294. The first-order valence-electron chi connectivity index (χ1n) is 7.64. The minimum atomic E-state index is -0.408. The Hall–Kier alpha value is -2.66. The molecule has 3 N–H and O–H groups in total. The number of aryl methyl sites for hydroxylation is 1. The van der Waals surface area contributed by atoms with Crippen LogP contribution in [-0.2, 0) is 0 Å². The van der Waals surface area contributed by atoms with Gasteiger partial charge in [0.25, 0.3) is 0 Å². The molecule has 0 bridgehead atoms.